The lowest BCUT2D eigenvalue weighted by Gasteiger charge is -2.18. The second-order valence-electron chi connectivity index (χ2n) is 7.33. The van der Waals surface area contributed by atoms with Gasteiger partial charge in [0.05, 0.1) is 29.3 Å². The van der Waals surface area contributed by atoms with Crippen molar-refractivity contribution in [3.05, 3.63) is 69.8 Å². The summed E-state index contributed by atoms with van der Waals surface area (Å²) in [4.78, 5) is 44.5. The number of aliphatic imine (C=N–C) groups is 1. The summed E-state index contributed by atoms with van der Waals surface area (Å²) >= 11 is 6.87. The third-order valence-electron chi connectivity index (χ3n) is 5.13. The van der Waals surface area contributed by atoms with Crippen LogP contribution in [0.5, 0.6) is 0 Å². The van der Waals surface area contributed by atoms with Crippen LogP contribution in [0.25, 0.3) is 0 Å². The first-order valence-electron chi connectivity index (χ1n) is 10.1. The molecule has 10 heteroatoms. The number of carbonyl (C=O) groups is 3. The van der Waals surface area contributed by atoms with Crippen molar-refractivity contribution < 1.29 is 23.5 Å². The Hall–Kier alpha value is -3.17. The lowest BCUT2D eigenvalue weighted by atomic mass is 10.2. The van der Waals surface area contributed by atoms with Crippen LogP contribution in [0, 0.1) is 5.82 Å². The van der Waals surface area contributed by atoms with Crippen molar-refractivity contribution in [1.82, 2.24) is 4.90 Å². The van der Waals surface area contributed by atoms with E-state index in [1.807, 2.05) is 24.3 Å². The molecule has 7 nitrogen and oxygen atoms in total. The molecule has 2 aromatic carbocycles. The summed E-state index contributed by atoms with van der Waals surface area (Å²) in [5.41, 5.74) is 1.98. The first kappa shape index (κ1) is 23.0. The fourth-order valence-corrected chi connectivity index (χ4v) is 4.58. The molecule has 2 amide bonds. The van der Waals surface area contributed by atoms with Crippen molar-refractivity contribution in [2.75, 3.05) is 18.6 Å². The molecular formula is C23H19ClFN3O4S. The number of amidine groups is 1. The Morgan fingerprint density at radius 2 is 2.00 bits per heavy atom. The van der Waals surface area contributed by atoms with E-state index in [9.17, 15) is 18.8 Å². The minimum Gasteiger partial charge on any atom is -0.466 e. The maximum Gasteiger partial charge on any atom is 0.331 e. The smallest absolute Gasteiger partial charge is 0.331 e. The van der Waals surface area contributed by atoms with Crippen LogP contribution in [0.4, 0.5) is 15.8 Å². The summed E-state index contributed by atoms with van der Waals surface area (Å²) in [5.74, 6) is -1.54. The molecule has 170 valence electrons. The lowest BCUT2D eigenvalue weighted by Crippen LogP contribution is -2.28. The Balaban J connectivity index is 1.62. The zero-order chi connectivity index (χ0) is 23.5. The summed E-state index contributed by atoms with van der Waals surface area (Å²) in [5, 5.41) is 0.228. The van der Waals surface area contributed by atoms with Gasteiger partial charge >= 0.3 is 5.97 Å². The molecule has 33 heavy (non-hydrogen) atoms. The summed E-state index contributed by atoms with van der Waals surface area (Å²) in [6, 6.07) is 11.4. The third-order valence-corrected chi connectivity index (χ3v) is 6.42. The fourth-order valence-electron chi connectivity index (χ4n) is 3.45. The Labute approximate surface area is 198 Å². The van der Waals surface area contributed by atoms with E-state index in [2.05, 4.69) is 9.73 Å². The summed E-state index contributed by atoms with van der Waals surface area (Å²) in [7, 11) is 1.23. The van der Waals surface area contributed by atoms with E-state index >= 15 is 0 Å². The molecule has 2 heterocycles. The number of rotatable bonds is 5. The average Bonchev–Trinajstić information content (AvgIpc) is 3.35. The van der Waals surface area contributed by atoms with Crippen LogP contribution < -0.4 is 4.90 Å². The predicted molar refractivity (Wildman–Crippen MR) is 125 cm³/mol. The SMILES string of the molecule is COC(=O)/C=C1\SC(=Nc2ccc(F)c(Cl)c2)N(Cc2ccc(N3CCCC3=O)cc2)C1=O. The largest absolute Gasteiger partial charge is 0.466 e. The molecule has 0 spiro atoms. The molecule has 0 saturated carbocycles. The highest BCUT2D eigenvalue weighted by molar-refractivity contribution is 8.18. The molecule has 4 rings (SSSR count). The minimum absolute atomic E-state index is 0.0879. The average molecular weight is 488 g/mol. The van der Waals surface area contributed by atoms with Crippen LogP contribution in [0.1, 0.15) is 18.4 Å². The number of anilines is 1. The van der Waals surface area contributed by atoms with E-state index < -0.39 is 17.7 Å². The molecule has 2 saturated heterocycles. The van der Waals surface area contributed by atoms with Crippen LogP contribution in [0.2, 0.25) is 5.02 Å². The molecule has 0 N–H and O–H groups in total. The standard InChI is InChI=1S/C23H19ClFN3O4S/c1-32-21(30)12-19-22(31)28(23(33-19)26-15-6-9-18(25)17(24)11-15)13-14-4-7-16(8-5-14)27-10-2-3-20(27)29/h4-9,11-12H,2-3,10,13H2,1H3/b19-12-,26-23?. The monoisotopic (exact) mass is 487 g/mol. The number of ether oxygens (including phenoxy) is 1. The second-order valence-corrected chi connectivity index (χ2v) is 8.75. The molecule has 0 bridgehead atoms. The van der Waals surface area contributed by atoms with Gasteiger partial charge in [-0.1, -0.05) is 23.7 Å². The number of hydrogen-bond donors (Lipinski definition) is 0. The Morgan fingerprint density at radius 3 is 2.64 bits per heavy atom. The number of methoxy groups -OCH3 is 1. The number of carbonyl (C=O) groups excluding carboxylic acids is 3. The highest BCUT2D eigenvalue weighted by Gasteiger charge is 2.34. The van der Waals surface area contributed by atoms with Gasteiger partial charge < -0.3 is 9.64 Å². The summed E-state index contributed by atoms with van der Waals surface area (Å²) < 4.78 is 18.2. The lowest BCUT2D eigenvalue weighted by molar-refractivity contribution is -0.135. The molecule has 2 aliphatic heterocycles. The molecular weight excluding hydrogens is 469 g/mol. The third kappa shape index (κ3) is 5.09. The number of benzene rings is 2. The van der Waals surface area contributed by atoms with Gasteiger partial charge in [-0.3, -0.25) is 14.5 Å². The van der Waals surface area contributed by atoms with Gasteiger partial charge in [-0.05, 0) is 54.1 Å². The van der Waals surface area contributed by atoms with Crippen LogP contribution in [-0.4, -0.2) is 41.5 Å². The van der Waals surface area contributed by atoms with Crippen molar-refractivity contribution in [2.24, 2.45) is 4.99 Å². The van der Waals surface area contributed by atoms with E-state index in [4.69, 9.17) is 11.6 Å². The van der Waals surface area contributed by atoms with Crippen LogP contribution >= 0.6 is 23.4 Å². The van der Waals surface area contributed by atoms with E-state index in [0.29, 0.717) is 23.8 Å². The second kappa shape index (κ2) is 9.76. The van der Waals surface area contributed by atoms with Crippen molar-refractivity contribution in [2.45, 2.75) is 19.4 Å². The van der Waals surface area contributed by atoms with E-state index in [1.54, 1.807) is 4.90 Å². The van der Waals surface area contributed by atoms with E-state index in [-0.39, 0.29) is 22.4 Å². The first-order valence-corrected chi connectivity index (χ1v) is 11.3. The van der Waals surface area contributed by atoms with E-state index in [1.165, 1.54) is 30.2 Å². The highest BCUT2D eigenvalue weighted by atomic mass is 35.5. The highest BCUT2D eigenvalue weighted by Crippen LogP contribution is 2.35. The normalized spacial score (nSPS) is 18.6. The van der Waals surface area contributed by atoms with Gasteiger partial charge in [0.25, 0.3) is 5.91 Å². The van der Waals surface area contributed by atoms with Gasteiger partial charge in [0.1, 0.15) is 5.82 Å². The minimum atomic E-state index is -0.656. The summed E-state index contributed by atoms with van der Waals surface area (Å²) in [6.45, 7) is 0.879. The van der Waals surface area contributed by atoms with Gasteiger partial charge in [-0.2, -0.15) is 0 Å². The molecule has 0 unspecified atom stereocenters. The fraction of sp³-hybridized carbons (Fsp3) is 0.217. The zero-order valence-electron chi connectivity index (χ0n) is 17.6. The molecule has 2 fully saturated rings. The van der Waals surface area contributed by atoms with Crippen molar-refractivity contribution in [1.29, 1.82) is 0 Å². The molecule has 0 atom stereocenters. The van der Waals surface area contributed by atoms with Crippen LogP contribution in [-0.2, 0) is 25.7 Å². The van der Waals surface area contributed by atoms with Gasteiger partial charge in [0, 0.05) is 24.7 Å². The number of thioether (sulfide) groups is 1. The summed E-state index contributed by atoms with van der Waals surface area (Å²) in [6.07, 6.45) is 2.49. The maximum atomic E-state index is 13.5. The molecule has 0 radical (unpaired) electrons. The molecule has 2 aliphatic rings. The maximum absolute atomic E-state index is 13.5. The Morgan fingerprint density at radius 1 is 1.24 bits per heavy atom. The first-order chi connectivity index (χ1) is 15.9. The Bertz CT molecular complexity index is 1180. The topological polar surface area (TPSA) is 79.3 Å². The number of nitrogens with zero attached hydrogens (tertiary/aromatic N) is 3. The number of esters is 1. The van der Waals surface area contributed by atoms with Crippen molar-refractivity contribution in [3.63, 3.8) is 0 Å². The zero-order valence-corrected chi connectivity index (χ0v) is 19.2. The van der Waals surface area contributed by atoms with Crippen molar-refractivity contribution >= 4 is 57.7 Å². The quantitative estimate of drug-likeness (QED) is 0.460. The molecule has 2 aromatic rings. The Kier molecular flexibility index (Phi) is 6.80. The van der Waals surface area contributed by atoms with Gasteiger partial charge in [0.15, 0.2) is 5.17 Å². The predicted octanol–water partition coefficient (Wildman–Crippen LogP) is 4.43. The van der Waals surface area contributed by atoms with E-state index in [0.717, 1.165) is 35.5 Å². The van der Waals surface area contributed by atoms with Gasteiger partial charge in [-0.25, -0.2) is 14.2 Å². The van der Waals surface area contributed by atoms with Gasteiger partial charge in [0.2, 0.25) is 5.91 Å². The number of amides is 2. The molecule has 0 aromatic heterocycles. The van der Waals surface area contributed by atoms with Crippen LogP contribution in [0.15, 0.2) is 58.4 Å². The molecule has 0 aliphatic carbocycles. The van der Waals surface area contributed by atoms with Gasteiger partial charge in [-0.15, -0.1) is 0 Å². The number of halogens is 2. The van der Waals surface area contributed by atoms with Crippen LogP contribution in [0.3, 0.4) is 0 Å². The van der Waals surface area contributed by atoms with Crippen molar-refractivity contribution in [3.8, 4) is 0 Å². The number of hydrogen-bond acceptors (Lipinski definition) is 6.